The minimum absolute atomic E-state index is 0.766. The summed E-state index contributed by atoms with van der Waals surface area (Å²) >= 11 is 0. The highest BCUT2D eigenvalue weighted by Crippen LogP contribution is 2.19. The number of H-pyrrole nitrogens is 1. The molecule has 3 aromatic rings. The van der Waals surface area contributed by atoms with E-state index in [4.69, 9.17) is 0 Å². The Morgan fingerprint density at radius 2 is 2.20 bits per heavy atom. The van der Waals surface area contributed by atoms with Crippen LogP contribution in [-0.4, -0.2) is 31.5 Å². The van der Waals surface area contributed by atoms with Crippen LogP contribution in [0.15, 0.2) is 49.2 Å². The molecule has 102 valence electrons. The average Bonchev–Trinajstić information content (AvgIpc) is 3.16. The number of aromatic nitrogens is 5. The maximum atomic E-state index is 4.17. The number of pyridine rings is 1. The van der Waals surface area contributed by atoms with Gasteiger partial charge in [-0.3, -0.25) is 14.8 Å². The van der Waals surface area contributed by atoms with Crippen LogP contribution in [0.1, 0.15) is 5.56 Å². The first-order chi connectivity index (χ1) is 9.93. The first-order valence-corrected chi connectivity index (χ1v) is 6.54. The van der Waals surface area contributed by atoms with Crippen molar-refractivity contribution in [3.8, 4) is 11.3 Å². The Morgan fingerprint density at radius 3 is 3.00 bits per heavy atom. The van der Waals surface area contributed by atoms with Crippen LogP contribution in [0.4, 0.5) is 0 Å². The first-order valence-electron chi connectivity index (χ1n) is 6.54. The van der Waals surface area contributed by atoms with Gasteiger partial charge in [0.1, 0.15) is 0 Å². The van der Waals surface area contributed by atoms with Crippen LogP contribution in [-0.2, 0) is 13.1 Å². The van der Waals surface area contributed by atoms with Gasteiger partial charge >= 0.3 is 0 Å². The Morgan fingerprint density at radius 1 is 1.20 bits per heavy atom. The summed E-state index contributed by atoms with van der Waals surface area (Å²) in [5.74, 6) is 0. The number of nitrogens with zero attached hydrogens (tertiary/aromatic N) is 4. The van der Waals surface area contributed by atoms with Gasteiger partial charge in [0.05, 0.1) is 18.4 Å². The Bertz CT molecular complexity index is 629. The Kier molecular flexibility index (Phi) is 3.84. The Balaban J connectivity index is 1.57. The molecule has 0 saturated heterocycles. The van der Waals surface area contributed by atoms with Crippen molar-refractivity contribution >= 4 is 0 Å². The van der Waals surface area contributed by atoms with Crippen LogP contribution < -0.4 is 5.32 Å². The molecule has 2 N–H and O–H groups in total. The summed E-state index contributed by atoms with van der Waals surface area (Å²) in [6.07, 6.45) is 9.20. The smallest absolute Gasteiger partial charge is 0.0710 e. The van der Waals surface area contributed by atoms with Gasteiger partial charge in [-0.25, -0.2) is 0 Å². The van der Waals surface area contributed by atoms with E-state index in [1.165, 1.54) is 0 Å². The van der Waals surface area contributed by atoms with Crippen LogP contribution in [0.3, 0.4) is 0 Å². The van der Waals surface area contributed by atoms with Crippen molar-refractivity contribution in [3.63, 3.8) is 0 Å². The quantitative estimate of drug-likeness (QED) is 0.664. The predicted molar refractivity (Wildman–Crippen MR) is 75.8 cm³/mol. The molecule has 3 rings (SSSR count). The molecule has 6 heteroatoms. The summed E-state index contributed by atoms with van der Waals surface area (Å²) in [5.41, 5.74) is 3.21. The van der Waals surface area contributed by atoms with E-state index in [1.807, 2.05) is 41.5 Å². The van der Waals surface area contributed by atoms with Gasteiger partial charge in [0.15, 0.2) is 0 Å². The molecule has 3 aromatic heterocycles. The molecule has 0 saturated carbocycles. The van der Waals surface area contributed by atoms with E-state index in [-0.39, 0.29) is 0 Å². The maximum absolute atomic E-state index is 4.17. The van der Waals surface area contributed by atoms with E-state index < -0.39 is 0 Å². The maximum Gasteiger partial charge on any atom is 0.0710 e. The molecule has 20 heavy (non-hydrogen) atoms. The molecule has 0 spiro atoms. The van der Waals surface area contributed by atoms with E-state index in [9.17, 15) is 0 Å². The highest BCUT2D eigenvalue weighted by atomic mass is 15.3. The van der Waals surface area contributed by atoms with E-state index in [0.717, 1.165) is 36.5 Å². The monoisotopic (exact) mass is 268 g/mol. The lowest BCUT2D eigenvalue weighted by Gasteiger charge is -2.06. The van der Waals surface area contributed by atoms with Crippen LogP contribution in [0.25, 0.3) is 11.3 Å². The molecule has 0 aliphatic rings. The minimum atomic E-state index is 0.766. The zero-order valence-corrected chi connectivity index (χ0v) is 11.0. The van der Waals surface area contributed by atoms with Crippen molar-refractivity contribution in [2.45, 2.75) is 13.1 Å². The molecule has 0 bridgehead atoms. The second-order valence-corrected chi connectivity index (χ2v) is 4.46. The molecule has 0 atom stereocenters. The molecule has 0 aliphatic heterocycles. The lowest BCUT2D eigenvalue weighted by molar-refractivity contribution is 0.555. The molecule has 0 radical (unpaired) electrons. The number of aromatic amines is 1. The Labute approximate surface area is 116 Å². The summed E-state index contributed by atoms with van der Waals surface area (Å²) in [7, 11) is 0. The van der Waals surface area contributed by atoms with Gasteiger partial charge < -0.3 is 5.32 Å². The molecular weight excluding hydrogens is 252 g/mol. The summed E-state index contributed by atoms with van der Waals surface area (Å²) in [6, 6.07) is 5.87. The third-order valence-corrected chi connectivity index (χ3v) is 3.06. The summed E-state index contributed by atoms with van der Waals surface area (Å²) in [5, 5.41) is 14.7. The number of hydrogen-bond donors (Lipinski definition) is 2. The largest absolute Gasteiger partial charge is 0.311 e. The normalized spacial score (nSPS) is 10.8. The molecule has 0 unspecified atom stereocenters. The molecule has 6 nitrogen and oxygen atoms in total. The van der Waals surface area contributed by atoms with Crippen LogP contribution >= 0.6 is 0 Å². The van der Waals surface area contributed by atoms with Crippen molar-refractivity contribution in [3.05, 3.63) is 54.7 Å². The van der Waals surface area contributed by atoms with Gasteiger partial charge in [-0.15, -0.1) is 0 Å². The van der Waals surface area contributed by atoms with Crippen molar-refractivity contribution in [1.29, 1.82) is 0 Å². The summed E-state index contributed by atoms with van der Waals surface area (Å²) < 4.78 is 1.91. The fraction of sp³-hybridized carbons (Fsp3) is 0.214. The third-order valence-electron chi connectivity index (χ3n) is 3.06. The number of nitrogens with one attached hydrogen (secondary N) is 2. The fourth-order valence-electron chi connectivity index (χ4n) is 2.06. The van der Waals surface area contributed by atoms with Crippen molar-refractivity contribution < 1.29 is 0 Å². The second kappa shape index (κ2) is 6.12. The van der Waals surface area contributed by atoms with E-state index in [0.29, 0.717) is 0 Å². The molecule has 0 aromatic carbocycles. The van der Waals surface area contributed by atoms with E-state index in [1.54, 1.807) is 12.4 Å². The molecule has 0 aliphatic carbocycles. The zero-order chi connectivity index (χ0) is 13.6. The van der Waals surface area contributed by atoms with Crippen molar-refractivity contribution in [2.24, 2.45) is 0 Å². The van der Waals surface area contributed by atoms with Gasteiger partial charge in [0.25, 0.3) is 0 Å². The van der Waals surface area contributed by atoms with Gasteiger partial charge in [0, 0.05) is 49.0 Å². The van der Waals surface area contributed by atoms with E-state index in [2.05, 4.69) is 25.6 Å². The van der Waals surface area contributed by atoms with Crippen molar-refractivity contribution in [1.82, 2.24) is 30.3 Å². The predicted octanol–water partition coefficient (Wildman–Crippen LogP) is 1.46. The van der Waals surface area contributed by atoms with Gasteiger partial charge in [-0.2, -0.15) is 10.2 Å². The number of hydrogen-bond acceptors (Lipinski definition) is 4. The summed E-state index contributed by atoms with van der Waals surface area (Å²) in [4.78, 5) is 4.13. The summed E-state index contributed by atoms with van der Waals surface area (Å²) in [6.45, 7) is 2.48. The van der Waals surface area contributed by atoms with Crippen LogP contribution in [0.5, 0.6) is 0 Å². The molecule has 3 heterocycles. The van der Waals surface area contributed by atoms with Gasteiger partial charge in [-0.05, 0) is 18.2 Å². The highest BCUT2D eigenvalue weighted by Gasteiger charge is 2.06. The number of rotatable bonds is 6. The minimum Gasteiger partial charge on any atom is -0.311 e. The van der Waals surface area contributed by atoms with Crippen molar-refractivity contribution in [2.75, 3.05) is 6.54 Å². The SMILES string of the molecule is c1cncc(-c2[nH]ncc2CNCCn2cccn2)c1. The first kappa shape index (κ1) is 12.6. The molecular formula is C14H16N6. The topological polar surface area (TPSA) is 71.4 Å². The van der Waals surface area contributed by atoms with Crippen LogP contribution in [0.2, 0.25) is 0 Å². The fourth-order valence-corrected chi connectivity index (χ4v) is 2.06. The van der Waals surface area contributed by atoms with Gasteiger partial charge in [-0.1, -0.05) is 0 Å². The Hall–Kier alpha value is -2.47. The lowest BCUT2D eigenvalue weighted by atomic mass is 10.1. The van der Waals surface area contributed by atoms with E-state index >= 15 is 0 Å². The second-order valence-electron chi connectivity index (χ2n) is 4.46. The van der Waals surface area contributed by atoms with Gasteiger partial charge in [0.2, 0.25) is 0 Å². The molecule has 0 fully saturated rings. The van der Waals surface area contributed by atoms with Crippen LogP contribution in [0, 0.1) is 0 Å². The molecule has 0 amide bonds. The average molecular weight is 268 g/mol. The third kappa shape index (κ3) is 2.92. The highest BCUT2D eigenvalue weighted by molar-refractivity contribution is 5.61. The standard InChI is InChI=1S/C14H16N6/c1-3-12(9-15-4-1)14-13(11-17-19-14)10-16-6-8-20-7-2-5-18-20/h1-5,7,9,11,16H,6,8,10H2,(H,17,19). The zero-order valence-electron chi connectivity index (χ0n) is 11.0. The lowest BCUT2D eigenvalue weighted by Crippen LogP contribution is -2.19.